The molecule has 1 amide bonds. The number of ether oxygens (including phenoxy) is 1. The third kappa shape index (κ3) is 3.94. The van der Waals surface area contributed by atoms with Crippen molar-refractivity contribution in [2.24, 2.45) is 0 Å². The average Bonchev–Trinajstić information content (AvgIpc) is 3.00. The van der Waals surface area contributed by atoms with Gasteiger partial charge in [0.2, 0.25) is 5.91 Å². The van der Waals surface area contributed by atoms with E-state index < -0.39 is 0 Å². The number of fused-ring (bicyclic) bond motifs is 1. The lowest BCUT2D eigenvalue weighted by atomic mass is 10.1. The van der Waals surface area contributed by atoms with E-state index in [4.69, 9.17) is 21.3 Å². The van der Waals surface area contributed by atoms with Crippen molar-refractivity contribution in [3.8, 4) is 17.0 Å². The van der Waals surface area contributed by atoms with Crippen LogP contribution in [0.2, 0.25) is 5.15 Å². The van der Waals surface area contributed by atoms with Gasteiger partial charge in [-0.05, 0) is 60.1 Å². The second-order valence-electron chi connectivity index (χ2n) is 5.93. The predicted molar refractivity (Wildman–Crippen MR) is 109 cm³/mol. The molecule has 0 N–H and O–H groups in total. The normalized spacial score (nSPS) is 11.0. The summed E-state index contributed by atoms with van der Waals surface area (Å²) in [5.41, 5.74) is 2.92. The highest BCUT2D eigenvalue weighted by molar-refractivity contribution is 9.10. The Morgan fingerprint density at radius 3 is 2.63 bits per heavy atom. The third-order valence-corrected chi connectivity index (χ3v) is 5.22. The van der Waals surface area contributed by atoms with Crippen LogP contribution in [-0.2, 0) is 11.2 Å². The molecule has 8 heteroatoms. The Balaban J connectivity index is 2.14. The summed E-state index contributed by atoms with van der Waals surface area (Å²) in [5, 5.41) is 4.70. The Kier molecular flexibility index (Phi) is 6.01. The molecule has 0 atom stereocenters. The molecular weight excluding hydrogens is 432 g/mol. The van der Waals surface area contributed by atoms with Crippen LogP contribution in [0.1, 0.15) is 19.5 Å². The summed E-state index contributed by atoms with van der Waals surface area (Å²) in [7, 11) is 1.62. The minimum Gasteiger partial charge on any atom is -0.496 e. The number of aromatic nitrogens is 3. The number of carbonyl (C=O) groups is 1. The molecule has 0 saturated carbocycles. The SMILES string of the molecule is CCN(CC)C(=O)Cc1c(-c2ccc(OC)c(Br)c2)nc2ccc(Cl)nn12. The van der Waals surface area contributed by atoms with Crippen molar-refractivity contribution in [2.45, 2.75) is 20.3 Å². The first-order chi connectivity index (χ1) is 13.0. The maximum atomic E-state index is 12.7. The summed E-state index contributed by atoms with van der Waals surface area (Å²) in [5.74, 6) is 0.752. The highest BCUT2D eigenvalue weighted by Crippen LogP contribution is 2.32. The molecule has 0 spiro atoms. The van der Waals surface area contributed by atoms with E-state index in [0.717, 1.165) is 15.8 Å². The van der Waals surface area contributed by atoms with Crippen LogP contribution in [0.15, 0.2) is 34.8 Å². The van der Waals surface area contributed by atoms with Gasteiger partial charge in [0.1, 0.15) is 10.9 Å². The number of amides is 1. The predicted octanol–water partition coefficient (Wildman–Crippen LogP) is 4.23. The molecule has 0 aliphatic heterocycles. The van der Waals surface area contributed by atoms with Crippen LogP contribution in [0.25, 0.3) is 16.9 Å². The van der Waals surface area contributed by atoms with Crippen LogP contribution in [0.4, 0.5) is 0 Å². The smallest absolute Gasteiger partial charge is 0.228 e. The lowest BCUT2D eigenvalue weighted by Crippen LogP contribution is -2.32. The average molecular weight is 452 g/mol. The van der Waals surface area contributed by atoms with Crippen LogP contribution in [0.3, 0.4) is 0 Å². The quantitative estimate of drug-likeness (QED) is 0.563. The Labute approximate surface area is 171 Å². The zero-order valence-electron chi connectivity index (χ0n) is 15.4. The monoisotopic (exact) mass is 450 g/mol. The van der Waals surface area contributed by atoms with E-state index in [9.17, 15) is 4.79 Å². The number of methoxy groups -OCH3 is 1. The lowest BCUT2D eigenvalue weighted by molar-refractivity contribution is -0.130. The fourth-order valence-corrected chi connectivity index (χ4v) is 3.67. The first-order valence-electron chi connectivity index (χ1n) is 8.64. The van der Waals surface area contributed by atoms with Crippen molar-refractivity contribution in [2.75, 3.05) is 20.2 Å². The van der Waals surface area contributed by atoms with E-state index in [-0.39, 0.29) is 12.3 Å². The molecule has 0 aliphatic rings. The number of halogens is 2. The van der Waals surface area contributed by atoms with Crippen molar-refractivity contribution < 1.29 is 9.53 Å². The molecule has 0 bridgehead atoms. The second-order valence-corrected chi connectivity index (χ2v) is 7.17. The third-order valence-electron chi connectivity index (χ3n) is 4.40. The molecular formula is C19H20BrClN4O2. The number of rotatable bonds is 6. The van der Waals surface area contributed by atoms with E-state index in [1.165, 1.54) is 0 Å². The van der Waals surface area contributed by atoms with E-state index in [2.05, 4.69) is 21.0 Å². The van der Waals surface area contributed by atoms with Gasteiger partial charge < -0.3 is 9.64 Å². The van der Waals surface area contributed by atoms with Gasteiger partial charge >= 0.3 is 0 Å². The fraction of sp³-hybridized carbons (Fsp3) is 0.316. The number of likely N-dealkylation sites (N-methyl/N-ethyl adjacent to an activating group) is 1. The zero-order valence-corrected chi connectivity index (χ0v) is 17.7. The van der Waals surface area contributed by atoms with Gasteiger partial charge in [-0.25, -0.2) is 9.50 Å². The fourth-order valence-electron chi connectivity index (χ4n) is 2.99. The summed E-state index contributed by atoms with van der Waals surface area (Å²) in [6, 6.07) is 9.18. The molecule has 0 radical (unpaired) electrons. The number of carbonyl (C=O) groups excluding carboxylic acids is 1. The largest absolute Gasteiger partial charge is 0.496 e. The maximum Gasteiger partial charge on any atom is 0.228 e. The first kappa shape index (κ1) is 19.6. The topological polar surface area (TPSA) is 59.7 Å². The van der Waals surface area contributed by atoms with Gasteiger partial charge in [-0.3, -0.25) is 4.79 Å². The molecule has 3 rings (SSSR count). The Morgan fingerprint density at radius 2 is 2.00 bits per heavy atom. The molecule has 1 aromatic carbocycles. The molecule has 0 saturated heterocycles. The molecule has 27 heavy (non-hydrogen) atoms. The van der Waals surface area contributed by atoms with Gasteiger partial charge in [0.15, 0.2) is 5.65 Å². The van der Waals surface area contributed by atoms with Gasteiger partial charge in [0.05, 0.1) is 29.4 Å². The van der Waals surface area contributed by atoms with Crippen molar-refractivity contribution in [3.63, 3.8) is 0 Å². The molecule has 0 unspecified atom stereocenters. The van der Waals surface area contributed by atoms with E-state index >= 15 is 0 Å². The van der Waals surface area contributed by atoms with Gasteiger partial charge in [0, 0.05) is 18.7 Å². The summed E-state index contributed by atoms with van der Waals surface area (Å²) in [6.45, 7) is 5.24. The van der Waals surface area contributed by atoms with Crippen LogP contribution in [-0.4, -0.2) is 45.6 Å². The Hall–Kier alpha value is -2.12. The van der Waals surface area contributed by atoms with E-state index in [0.29, 0.717) is 35.3 Å². The number of imidazole rings is 1. The second kappa shape index (κ2) is 8.27. The van der Waals surface area contributed by atoms with Crippen LogP contribution in [0, 0.1) is 0 Å². The number of benzene rings is 1. The van der Waals surface area contributed by atoms with Crippen LogP contribution >= 0.6 is 27.5 Å². The molecule has 3 aromatic rings. The van der Waals surface area contributed by atoms with E-state index in [1.54, 1.807) is 28.7 Å². The summed E-state index contributed by atoms with van der Waals surface area (Å²) < 4.78 is 7.76. The number of nitrogens with zero attached hydrogens (tertiary/aromatic N) is 4. The van der Waals surface area contributed by atoms with Gasteiger partial charge in [-0.15, -0.1) is 0 Å². The Morgan fingerprint density at radius 1 is 1.26 bits per heavy atom. The Bertz CT molecular complexity index is 985. The van der Waals surface area contributed by atoms with Gasteiger partial charge in [0.25, 0.3) is 0 Å². The molecule has 0 aliphatic carbocycles. The number of hydrogen-bond acceptors (Lipinski definition) is 4. The standard InChI is InChI=1S/C19H20BrClN4O2/c1-4-24(5-2)18(26)11-14-19(12-6-7-15(27-3)13(20)10-12)22-17-9-8-16(21)23-25(14)17/h6-10H,4-5,11H2,1-3H3. The van der Waals surface area contributed by atoms with Crippen LogP contribution < -0.4 is 4.74 Å². The van der Waals surface area contributed by atoms with Crippen molar-refractivity contribution in [1.82, 2.24) is 19.5 Å². The molecule has 6 nitrogen and oxygen atoms in total. The lowest BCUT2D eigenvalue weighted by Gasteiger charge is -2.18. The van der Waals surface area contributed by atoms with Crippen LogP contribution in [0.5, 0.6) is 5.75 Å². The highest BCUT2D eigenvalue weighted by Gasteiger charge is 2.21. The maximum absolute atomic E-state index is 12.7. The summed E-state index contributed by atoms with van der Waals surface area (Å²) in [6.07, 6.45) is 0.190. The minimum atomic E-state index is 0.0254. The molecule has 142 valence electrons. The molecule has 2 aromatic heterocycles. The highest BCUT2D eigenvalue weighted by atomic mass is 79.9. The minimum absolute atomic E-state index is 0.0254. The zero-order chi connectivity index (χ0) is 19.6. The van der Waals surface area contributed by atoms with Crippen molar-refractivity contribution in [3.05, 3.63) is 45.7 Å². The van der Waals surface area contributed by atoms with Gasteiger partial charge in [-0.2, -0.15) is 5.10 Å². The molecule has 2 heterocycles. The first-order valence-corrected chi connectivity index (χ1v) is 9.81. The van der Waals surface area contributed by atoms with Crippen molar-refractivity contribution in [1.29, 1.82) is 0 Å². The van der Waals surface area contributed by atoms with Crippen molar-refractivity contribution >= 4 is 39.1 Å². The molecule has 0 fully saturated rings. The van der Waals surface area contributed by atoms with Gasteiger partial charge in [-0.1, -0.05) is 11.6 Å². The number of hydrogen-bond donors (Lipinski definition) is 0. The van der Waals surface area contributed by atoms with E-state index in [1.807, 2.05) is 32.0 Å². The summed E-state index contributed by atoms with van der Waals surface area (Å²) >= 11 is 9.59. The summed E-state index contributed by atoms with van der Waals surface area (Å²) in [4.78, 5) is 19.2.